The Morgan fingerprint density at radius 2 is 1.90 bits per heavy atom. The van der Waals surface area contributed by atoms with Gasteiger partial charge < -0.3 is 5.11 Å². The molecular weight excluding hydrogens is 314 g/mol. The summed E-state index contributed by atoms with van der Waals surface area (Å²) in [4.78, 5) is 22.4. The van der Waals surface area contributed by atoms with E-state index in [0.29, 0.717) is 16.3 Å². The van der Waals surface area contributed by atoms with E-state index < -0.39 is 16.6 Å². The molecule has 2 aromatic carbocycles. The Kier molecular flexibility index (Phi) is 4.82. The Bertz CT molecular complexity index is 688. The number of benzene rings is 2. The van der Waals surface area contributed by atoms with E-state index in [4.69, 9.17) is 11.6 Å². The van der Waals surface area contributed by atoms with Crippen molar-refractivity contribution in [3.05, 3.63) is 68.7 Å². The maximum Gasteiger partial charge on any atom is 0.343 e. The lowest BCUT2D eigenvalue weighted by Crippen LogP contribution is -2.06. The summed E-state index contributed by atoms with van der Waals surface area (Å²) >= 11 is 7.18. The second-order valence-corrected chi connectivity index (χ2v) is 5.60. The van der Waals surface area contributed by atoms with Crippen LogP contribution in [-0.2, 0) is 5.75 Å². The molecule has 0 aliphatic heterocycles. The van der Waals surface area contributed by atoms with Crippen molar-refractivity contribution < 1.29 is 14.8 Å². The van der Waals surface area contributed by atoms with Gasteiger partial charge in [-0.05, 0) is 29.8 Å². The maximum atomic E-state index is 11.3. The third-order valence-electron chi connectivity index (χ3n) is 2.75. The highest BCUT2D eigenvalue weighted by molar-refractivity contribution is 7.98. The second kappa shape index (κ2) is 6.60. The number of carboxylic acids is 1. The zero-order valence-corrected chi connectivity index (χ0v) is 12.2. The first kappa shape index (κ1) is 15.3. The number of halogens is 1. The molecule has 21 heavy (non-hydrogen) atoms. The zero-order valence-electron chi connectivity index (χ0n) is 10.7. The number of carboxylic acid groups (broad SMARTS) is 1. The normalized spacial score (nSPS) is 10.3. The summed E-state index contributed by atoms with van der Waals surface area (Å²) < 4.78 is 0. The molecule has 0 saturated heterocycles. The fourth-order valence-electron chi connectivity index (χ4n) is 1.80. The summed E-state index contributed by atoms with van der Waals surface area (Å²) in [6.07, 6.45) is 0. The summed E-state index contributed by atoms with van der Waals surface area (Å²) in [5.41, 5.74) is -0.239. The van der Waals surface area contributed by atoms with Gasteiger partial charge in [0.2, 0.25) is 0 Å². The molecule has 0 amide bonds. The van der Waals surface area contributed by atoms with E-state index in [9.17, 15) is 20.0 Å². The molecule has 0 saturated carbocycles. The third-order valence-corrected chi connectivity index (χ3v) is 4.06. The molecule has 0 atom stereocenters. The molecule has 0 aliphatic rings. The summed E-state index contributed by atoms with van der Waals surface area (Å²) in [7, 11) is 0. The quantitative estimate of drug-likeness (QED) is 0.505. The van der Waals surface area contributed by atoms with E-state index in [2.05, 4.69) is 0 Å². The Morgan fingerprint density at radius 1 is 1.24 bits per heavy atom. The first-order chi connectivity index (χ1) is 9.99. The van der Waals surface area contributed by atoms with Gasteiger partial charge in [0.05, 0.1) is 4.92 Å². The molecule has 2 rings (SSSR count). The average Bonchev–Trinajstić information content (AvgIpc) is 2.46. The number of nitro benzene ring substituents is 1. The van der Waals surface area contributed by atoms with Gasteiger partial charge >= 0.3 is 5.97 Å². The summed E-state index contributed by atoms with van der Waals surface area (Å²) in [6, 6.07) is 11.3. The Morgan fingerprint density at radius 3 is 2.48 bits per heavy atom. The van der Waals surface area contributed by atoms with E-state index in [-0.39, 0.29) is 5.56 Å². The van der Waals surface area contributed by atoms with Crippen molar-refractivity contribution in [3.8, 4) is 0 Å². The molecule has 0 spiro atoms. The fourth-order valence-corrected chi connectivity index (χ4v) is 2.82. The van der Waals surface area contributed by atoms with Gasteiger partial charge in [-0.2, -0.15) is 0 Å². The number of hydrogen-bond acceptors (Lipinski definition) is 4. The number of thioether (sulfide) groups is 1. The van der Waals surface area contributed by atoms with Crippen LogP contribution in [0, 0.1) is 10.1 Å². The highest BCUT2D eigenvalue weighted by atomic mass is 35.5. The van der Waals surface area contributed by atoms with Crippen LogP contribution < -0.4 is 0 Å². The highest BCUT2D eigenvalue weighted by Crippen LogP contribution is 2.29. The molecule has 0 unspecified atom stereocenters. The summed E-state index contributed by atoms with van der Waals surface area (Å²) in [5.74, 6) is -0.973. The molecule has 0 heterocycles. The molecule has 1 N–H and O–H groups in total. The zero-order chi connectivity index (χ0) is 15.4. The smallest absolute Gasteiger partial charge is 0.343 e. The van der Waals surface area contributed by atoms with Crippen LogP contribution >= 0.6 is 23.4 Å². The first-order valence-electron chi connectivity index (χ1n) is 5.87. The predicted octanol–water partition coefficient (Wildman–Crippen LogP) is 4.24. The molecule has 0 radical (unpaired) electrons. The standard InChI is InChI=1S/C14H10ClNO4S/c15-10-4-6-11(7-5-10)21-8-9-2-1-3-12(16(19)20)13(9)14(17)18/h1-7H,8H2,(H,17,18). The summed E-state index contributed by atoms with van der Waals surface area (Å²) in [5, 5.41) is 20.7. The maximum absolute atomic E-state index is 11.3. The Labute approximate surface area is 129 Å². The molecule has 5 nitrogen and oxygen atoms in total. The van der Waals surface area contributed by atoms with Crippen molar-refractivity contribution in [2.75, 3.05) is 0 Å². The number of nitro groups is 1. The number of nitrogens with zero attached hydrogens (tertiary/aromatic N) is 1. The van der Waals surface area contributed by atoms with Crippen LogP contribution in [0.5, 0.6) is 0 Å². The van der Waals surface area contributed by atoms with Crippen LogP contribution in [0.3, 0.4) is 0 Å². The Hall–Kier alpha value is -2.05. The average molecular weight is 324 g/mol. The lowest BCUT2D eigenvalue weighted by Gasteiger charge is -2.06. The Balaban J connectivity index is 2.27. The third kappa shape index (κ3) is 3.74. The topological polar surface area (TPSA) is 80.4 Å². The van der Waals surface area contributed by atoms with Gasteiger partial charge in [-0.1, -0.05) is 23.7 Å². The van der Waals surface area contributed by atoms with Crippen LogP contribution in [0.15, 0.2) is 47.4 Å². The van der Waals surface area contributed by atoms with Gasteiger partial charge in [-0.15, -0.1) is 11.8 Å². The van der Waals surface area contributed by atoms with Crippen molar-refractivity contribution in [1.29, 1.82) is 0 Å². The lowest BCUT2D eigenvalue weighted by atomic mass is 10.1. The van der Waals surface area contributed by atoms with Crippen molar-refractivity contribution in [1.82, 2.24) is 0 Å². The van der Waals surface area contributed by atoms with Crippen LogP contribution in [0.25, 0.3) is 0 Å². The van der Waals surface area contributed by atoms with E-state index in [0.717, 1.165) is 4.90 Å². The summed E-state index contributed by atoms with van der Waals surface area (Å²) in [6.45, 7) is 0. The van der Waals surface area contributed by atoms with E-state index >= 15 is 0 Å². The number of rotatable bonds is 5. The molecule has 7 heteroatoms. The van der Waals surface area contributed by atoms with Gasteiger partial charge in [0, 0.05) is 21.7 Å². The monoisotopic (exact) mass is 323 g/mol. The number of aromatic carboxylic acids is 1. The molecule has 2 aromatic rings. The van der Waals surface area contributed by atoms with Crippen LogP contribution in [-0.4, -0.2) is 16.0 Å². The lowest BCUT2D eigenvalue weighted by molar-refractivity contribution is -0.385. The van der Waals surface area contributed by atoms with Gasteiger partial charge in [0.25, 0.3) is 5.69 Å². The van der Waals surface area contributed by atoms with Crippen molar-refractivity contribution in [3.63, 3.8) is 0 Å². The van der Waals surface area contributed by atoms with Crippen molar-refractivity contribution in [2.24, 2.45) is 0 Å². The predicted molar refractivity (Wildman–Crippen MR) is 81.1 cm³/mol. The van der Waals surface area contributed by atoms with Crippen molar-refractivity contribution in [2.45, 2.75) is 10.6 Å². The molecular formula is C14H10ClNO4S. The van der Waals surface area contributed by atoms with Gasteiger partial charge in [0.15, 0.2) is 0 Å². The molecule has 0 aromatic heterocycles. The number of hydrogen-bond donors (Lipinski definition) is 1. The molecule has 0 aliphatic carbocycles. The van der Waals surface area contributed by atoms with Crippen LogP contribution in [0.2, 0.25) is 5.02 Å². The fraction of sp³-hybridized carbons (Fsp3) is 0.0714. The molecule has 0 fully saturated rings. The van der Waals surface area contributed by atoms with E-state index in [1.54, 1.807) is 18.2 Å². The largest absolute Gasteiger partial charge is 0.477 e. The first-order valence-corrected chi connectivity index (χ1v) is 7.23. The minimum Gasteiger partial charge on any atom is -0.477 e. The van der Waals surface area contributed by atoms with Crippen LogP contribution in [0.1, 0.15) is 15.9 Å². The van der Waals surface area contributed by atoms with E-state index in [1.807, 2.05) is 12.1 Å². The molecule has 0 bridgehead atoms. The van der Waals surface area contributed by atoms with E-state index in [1.165, 1.54) is 23.9 Å². The van der Waals surface area contributed by atoms with Gasteiger partial charge in [-0.25, -0.2) is 4.79 Å². The van der Waals surface area contributed by atoms with Crippen molar-refractivity contribution >= 4 is 35.0 Å². The van der Waals surface area contributed by atoms with Gasteiger partial charge in [-0.3, -0.25) is 10.1 Å². The number of carbonyl (C=O) groups is 1. The minimum absolute atomic E-state index is 0.260. The SMILES string of the molecule is O=C(O)c1c(CSc2ccc(Cl)cc2)cccc1[N+](=O)[O-]. The second-order valence-electron chi connectivity index (χ2n) is 4.12. The molecule has 108 valence electrons. The minimum atomic E-state index is -1.30. The van der Waals surface area contributed by atoms with Crippen LogP contribution in [0.4, 0.5) is 5.69 Å². The highest BCUT2D eigenvalue weighted by Gasteiger charge is 2.23. The van der Waals surface area contributed by atoms with Gasteiger partial charge in [0.1, 0.15) is 5.56 Å².